The van der Waals surface area contributed by atoms with E-state index in [1.165, 1.54) is 18.7 Å². The Labute approximate surface area is 106 Å². The minimum absolute atomic E-state index is 0.0112. The summed E-state index contributed by atoms with van der Waals surface area (Å²) in [4.78, 5) is 18.5. The maximum absolute atomic E-state index is 12.8. The third kappa shape index (κ3) is 3.59. The molecule has 0 aliphatic heterocycles. The number of thioether (sulfide) groups is 1. The van der Waals surface area contributed by atoms with Crippen LogP contribution in [0.15, 0.2) is 6.20 Å². The van der Waals surface area contributed by atoms with Crippen molar-refractivity contribution in [3.05, 3.63) is 23.3 Å². The molecule has 1 heterocycles. The molecule has 0 aliphatic rings. The van der Waals surface area contributed by atoms with E-state index >= 15 is 0 Å². The van der Waals surface area contributed by atoms with E-state index < -0.39 is 23.4 Å². The van der Waals surface area contributed by atoms with Gasteiger partial charge in [-0.05, 0) is 13.2 Å². The van der Waals surface area contributed by atoms with E-state index in [1.807, 2.05) is 0 Å². The summed E-state index contributed by atoms with van der Waals surface area (Å²) in [6.45, 7) is 1.50. The van der Waals surface area contributed by atoms with Gasteiger partial charge in [0.05, 0.1) is 12.4 Å². The van der Waals surface area contributed by atoms with Crippen molar-refractivity contribution in [2.24, 2.45) is 0 Å². The number of carbonyl (C=O) groups excluding carboxylic acids is 1. The van der Waals surface area contributed by atoms with E-state index in [0.29, 0.717) is 0 Å². The quantitative estimate of drug-likeness (QED) is 0.793. The van der Waals surface area contributed by atoms with E-state index in [0.717, 1.165) is 6.20 Å². The van der Waals surface area contributed by atoms with Crippen LogP contribution in [-0.2, 0) is 16.7 Å². The number of carbonyl (C=O) groups is 1. The lowest BCUT2D eigenvalue weighted by Crippen LogP contribution is -2.19. The fourth-order valence-corrected chi connectivity index (χ4v) is 1.59. The van der Waals surface area contributed by atoms with Crippen LogP contribution in [0.2, 0.25) is 0 Å². The van der Waals surface area contributed by atoms with Crippen molar-refractivity contribution in [2.45, 2.75) is 18.9 Å². The first kappa shape index (κ1) is 14.7. The summed E-state index contributed by atoms with van der Waals surface area (Å²) in [5, 5.41) is 0. The number of ether oxygens (including phenoxy) is 1. The smallest absolute Gasteiger partial charge is 0.434 e. The normalized spacial score (nSPS) is 11.4. The Balaban J connectivity index is 3.21. The zero-order chi connectivity index (χ0) is 13.8. The monoisotopic (exact) mass is 280 g/mol. The molecule has 1 aromatic rings. The number of halogens is 3. The lowest BCUT2D eigenvalue weighted by molar-refractivity contribution is -0.142. The van der Waals surface area contributed by atoms with Gasteiger partial charge in [0.1, 0.15) is 11.4 Å². The van der Waals surface area contributed by atoms with Gasteiger partial charge in [-0.2, -0.15) is 24.9 Å². The molecular weight excluding hydrogens is 269 g/mol. The van der Waals surface area contributed by atoms with E-state index in [2.05, 4.69) is 14.7 Å². The summed E-state index contributed by atoms with van der Waals surface area (Å²) in [5.41, 5.74) is -1.91. The van der Waals surface area contributed by atoms with Crippen molar-refractivity contribution < 1.29 is 22.7 Å². The van der Waals surface area contributed by atoms with Gasteiger partial charge in [-0.15, -0.1) is 0 Å². The van der Waals surface area contributed by atoms with Crippen molar-refractivity contribution in [3.8, 4) is 0 Å². The molecule has 0 saturated heterocycles. The van der Waals surface area contributed by atoms with E-state index in [4.69, 9.17) is 0 Å². The molecule has 0 unspecified atom stereocenters. The largest absolute Gasteiger partial charge is 0.462 e. The van der Waals surface area contributed by atoms with Crippen LogP contribution in [0.1, 0.15) is 28.8 Å². The molecule has 0 atom stereocenters. The van der Waals surface area contributed by atoms with Crippen LogP contribution in [0.5, 0.6) is 0 Å². The number of rotatable bonds is 4. The molecule has 0 N–H and O–H groups in total. The highest BCUT2D eigenvalue weighted by atomic mass is 32.2. The number of hydrogen-bond acceptors (Lipinski definition) is 5. The van der Waals surface area contributed by atoms with Gasteiger partial charge in [-0.25, -0.2) is 14.8 Å². The van der Waals surface area contributed by atoms with Crippen molar-refractivity contribution in [1.82, 2.24) is 9.97 Å². The Bertz CT molecular complexity index is 438. The fraction of sp³-hybridized carbons (Fsp3) is 0.500. The van der Waals surface area contributed by atoms with E-state index in [-0.39, 0.29) is 18.2 Å². The third-order valence-electron chi connectivity index (χ3n) is 1.88. The van der Waals surface area contributed by atoms with Gasteiger partial charge >= 0.3 is 12.1 Å². The Morgan fingerprint density at radius 2 is 2.17 bits per heavy atom. The van der Waals surface area contributed by atoms with Crippen LogP contribution in [0.25, 0.3) is 0 Å². The molecule has 100 valence electrons. The Morgan fingerprint density at radius 3 is 2.67 bits per heavy atom. The third-order valence-corrected chi connectivity index (χ3v) is 2.42. The summed E-state index contributed by atoms with van der Waals surface area (Å²) in [6.07, 6.45) is -2.13. The number of esters is 1. The minimum Gasteiger partial charge on any atom is -0.462 e. The molecule has 1 aromatic heterocycles. The molecule has 4 nitrogen and oxygen atoms in total. The van der Waals surface area contributed by atoms with Crippen molar-refractivity contribution in [1.29, 1.82) is 0 Å². The average Bonchev–Trinajstić information content (AvgIpc) is 2.28. The van der Waals surface area contributed by atoms with Crippen LogP contribution < -0.4 is 0 Å². The van der Waals surface area contributed by atoms with Crippen LogP contribution >= 0.6 is 11.8 Å². The molecule has 0 saturated carbocycles. The first-order valence-corrected chi connectivity index (χ1v) is 6.38. The second-order valence-corrected chi connectivity index (χ2v) is 4.07. The number of aromatic nitrogens is 2. The zero-order valence-electron chi connectivity index (χ0n) is 9.74. The predicted molar refractivity (Wildman–Crippen MR) is 60.2 cm³/mol. The van der Waals surface area contributed by atoms with Gasteiger partial charge in [-0.3, -0.25) is 0 Å². The maximum atomic E-state index is 12.8. The zero-order valence-corrected chi connectivity index (χ0v) is 10.6. The van der Waals surface area contributed by atoms with Crippen LogP contribution in [0, 0.1) is 0 Å². The highest BCUT2D eigenvalue weighted by Gasteiger charge is 2.38. The molecule has 8 heteroatoms. The summed E-state index contributed by atoms with van der Waals surface area (Å²) < 4.78 is 42.8. The highest BCUT2D eigenvalue weighted by Crippen LogP contribution is 2.30. The maximum Gasteiger partial charge on any atom is 0.434 e. The number of hydrogen-bond donors (Lipinski definition) is 0. The Hall–Kier alpha value is -1.31. The summed E-state index contributed by atoms with van der Waals surface area (Å²) in [7, 11) is 0. The molecule has 0 amide bonds. The Kier molecular flexibility index (Phi) is 4.94. The number of nitrogens with zero attached hydrogens (tertiary/aromatic N) is 2. The Morgan fingerprint density at radius 1 is 1.50 bits per heavy atom. The predicted octanol–water partition coefficient (Wildman–Crippen LogP) is 2.54. The molecule has 0 aliphatic carbocycles. The molecule has 0 radical (unpaired) electrons. The second-order valence-electron chi connectivity index (χ2n) is 3.20. The van der Waals surface area contributed by atoms with Crippen LogP contribution in [0.3, 0.4) is 0 Å². The van der Waals surface area contributed by atoms with Gasteiger partial charge in [0, 0.05) is 6.20 Å². The topological polar surface area (TPSA) is 52.1 Å². The van der Waals surface area contributed by atoms with Gasteiger partial charge in [0.2, 0.25) is 0 Å². The molecule has 0 aromatic carbocycles. The molecule has 0 fully saturated rings. The molecule has 0 bridgehead atoms. The molecule has 0 spiro atoms. The van der Waals surface area contributed by atoms with Crippen molar-refractivity contribution >= 4 is 17.7 Å². The summed E-state index contributed by atoms with van der Waals surface area (Å²) >= 11 is 1.29. The standard InChI is InChI=1S/C10H11F3N2O2S/c1-3-17-9(16)6-4-14-7(5-18-2)15-8(6)10(11,12)13/h4H,3,5H2,1-2H3. The lowest BCUT2D eigenvalue weighted by Gasteiger charge is -2.11. The van der Waals surface area contributed by atoms with Crippen LogP contribution in [-0.4, -0.2) is 28.8 Å². The van der Waals surface area contributed by atoms with Crippen molar-refractivity contribution in [3.63, 3.8) is 0 Å². The summed E-state index contributed by atoms with van der Waals surface area (Å²) in [6, 6.07) is 0. The van der Waals surface area contributed by atoms with Gasteiger partial charge in [-0.1, -0.05) is 0 Å². The first-order valence-electron chi connectivity index (χ1n) is 4.99. The highest BCUT2D eigenvalue weighted by molar-refractivity contribution is 7.97. The van der Waals surface area contributed by atoms with Crippen molar-refractivity contribution in [2.75, 3.05) is 12.9 Å². The fourth-order valence-electron chi connectivity index (χ4n) is 1.19. The van der Waals surface area contributed by atoms with Gasteiger partial charge in [0.15, 0.2) is 5.69 Å². The lowest BCUT2D eigenvalue weighted by atomic mass is 10.2. The van der Waals surface area contributed by atoms with E-state index in [1.54, 1.807) is 6.26 Å². The molecule has 1 rings (SSSR count). The average molecular weight is 280 g/mol. The van der Waals surface area contributed by atoms with Gasteiger partial charge in [0.25, 0.3) is 0 Å². The summed E-state index contributed by atoms with van der Waals surface area (Å²) in [5.74, 6) is -0.796. The number of alkyl halides is 3. The second kappa shape index (κ2) is 6.03. The minimum atomic E-state index is -4.71. The van der Waals surface area contributed by atoms with Crippen LogP contribution in [0.4, 0.5) is 13.2 Å². The SMILES string of the molecule is CCOC(=O)c1cnc(CSC)nc1C(F)(F)F. The first-order chi connectivity index (χ1) is 8.40. The molecule has 18 heavy (non-hydrogen) atoms. The van der Waals surface area contributed by atoms with E-state index in [9.17, 15) is 18.0 Å². The van der Waals surface area contributed by atoms with Gasteiger partial charge < -0.3 is 4.74 Å². The molecular formula is C10H11F3N2O2S.